The van der Waals surface area contributed by atoms with Gasteiger partial charge in [-0.3, -0.25) is 0 Å². The van der Waals surface area contributed by atoms with Gasteiger partial charge in [-0.15, -0.1) is 11.3 Å². The molecule has 0 radical (unpaired) electrons. The lowest BCUT2D eigenvalue weighted by atomic mass is 10.2. The molecule has 6 nitrogen and oxygen atoms in total. The lowest BCUT2D eigenvalue weighted by molar-refractivity contribution is 0.521. The highest BCUT2D eigenvalue weighted by Gasteiger charge is 2.18. The van der Waals surface area contributed by atoms with Gasteiger partial charge in [0.25, 0.3) is 0 Å². The summed E-state index contributed by atoms with van der Waals surface area (Å²) in [6.07, 6.45) is 0. The van der Waals surface area contributed by atoms with Crippen LogP contribution in [0.3, 0.4) is 0 Å². The van der Waals surface area contributed by atoms with Gasteiger partial charge >= 0.3 is 0 Å². The van der Waals surface area contributed by atoms with Crippen molar-refractivity contribution in [3.8, 4) is 10.6 Å². The fraction of sp³-hybridized carbons (Fsp3) is 0.167. The Hall–Kier alpha value is -2.85. The zero-order chi connectivity index (χ0) is 23.8. The summed E-state index contributed by atoms with van der Waals surface area (Å²) in [5, 5.41) is 7.61. The first-order chi connectivity index (χ1) is 15.6. The second-order valence-corrected chi connectivity index (χ2v) is 11.5. The third kappa shape index (κ3) is 5.06. The molecule has 9 heteroatoms. The van der Waals surface area contributed by atoms with E-state index in [0.29, 0.717) is 10.8 Å². The van der Waals surface area contributed by atoms with E-state index in [2.05, 4.69) is 29.7 Å². The molecule has 0 unspecified atom stereocenters. The normalized spacial score (nSPS) is 11.7. The van der Waals surface area contributed by atoms with Gasteiger partial charge in [0, 0.05) is 31.0 Å². The minimum absolute atomic E-state index is 0.207. The second-order valence-electron chi connectivity index (χ2n) is 7.91. The van der Waals surface area contributed by atoms with Crippen molar-refractivity contribution in [2.45, 2.75) is 18.7 Å². The fourth-order valence-corrected chi connectivity index (χ4v) is 5.47. The molecule has 3 aromatic carbocycles. The largest absolute Gasteiger partial charge is 0.332 e. The van der Waals surface area contributed by atoms with Crippen molar-refractivity contribution in [3.63, 3.8) is 0 Å². The topological polar surface area (TPSA) is 74.3 Å². The number of rotatable bonds is 5. The van der Waals surface area contributed by atoms with Crippen molar-refractivity contribution in [2.24, 2.45) is 0 Å². The Labute approximate surface area is 203 Å². The van der Waals surface area contributed by atoms with Crippen LogP contribution in [0.15, 0.2) is 65.6 Å². The molecule has 0 atom stereocenters. The summed E-state index contributed by atoms with van der Waals surface area (Å²) in [6.45, 7) is 3.97. The highest BCUT2D eigenvalue weighted by Crippen LogP contribution is 2.31. The number of hydrogen-bond acceptors (Lipinski definition) is 5. The Bertz CT molecular complexity index is 1440. The highest BCUT2D eigenvalue weighted by atomic mass is 32.2. The van der Waals surface area contributed by atoms with E-state index in [1.165, 1.54) is 28.7 Å². The average Bonchev–Trinajstić information content (AvgIpc) is 3.18. The van der Waals surface area contributed by atoms with E-state index in [9.17, 15) is 8.42 Å². The van der Waals surface area contributed by atoms with Crippen LogP contribution in [-0.4, -0.2) is 36.9 Å². The number of aryl methyl sites for hydroxylation is 2. The van der Waals surface area contributed by atoms with Crippen LogP contribution in [0, 0.1) is 13.8 Å². The van der Waals surface area contributed by atoms with Gasteiger partial charge in [-0.1, -0.05) is 12.1 Å². The van der Waals surface area contributed by atoms with Gasteiger partial charge in [-0.2, -0.15) is 0 Å². The van der Waals surface area contributed by atoms with Gasteiger partial charge in [0.1, 0.15) is 5.01 Å². The minimum atomic E-state index is -3.53. The average molecular weight is 497 g/mol. The van der Waals surface area contributed by atoms with E-state index in [0.717, 1.165) is 27.3 Å². The Morgan fingerprint density at radius 3 is 2.39 bits per heavy atom. The molecule has 0 bridgehead atoms. The summed E-state index contributed by atoms with van der Waals surface area (Å²) in [5.41, 5.74) is 5.61. The van der Waals surface area contributed by atoms with Gasteiger partial charge in [0.05, 0.1) is 15.1 Å². The maximum absolute atomic E-state index is 12.4. The predicted octanol–water partition coefficient (Wildman–Crippen LogP) is 5.64. The Morgan fingerprint density at radius 2 is 1.70 bits per heavy atom. The van der Waals surface area contributed by atoms with E-state index >= 15 is 0 Å². The van der Waals surface area contributed by atoms with E-state index in [1.807, 2.05) is 37.3 Å². The predicted molar refractivity (Wildman–Crippen MR) is 142 cm³/mol. The van der Waals surface area contributed by atoms with Crippen LogP contribution in [0.5, 0.6) is 0 Å². The van der Waals surface area contributed by atoms with Crippen LogP contribution >= 0.6 is 23.6 Å². The molecule has 1 heterocycles. The third-order valence-corrected chi connectivity index (χ3v) is 8.25. The van der Waals surface area contributed by atoms with E-state index in [-0.39, 0.29) is 4.90 Å². The van der Waals surface area contributed by atoms with Gasteiger partial charge in [-0.25, -0.2) is 17.7 Å². The summed E-state index contributed by atoms with van der Waals surface area (Å²) in [7, 11) is -0.515. The number of sulfonamides is 1. The number of hydrogen-bond donors (Lipinski definition) is 2. The third-order valence-electron chi connectivity index (χ3n) is 5.17. The number of thiocarbonyl (C=S) groups is 1. The van der Waals surface area contributed by atoms with Crippen molar-refractivity contribution >= 4 is 60.3 Å². The molecule has 2 N–H and O–H groups in total. The summed E-state index contributed by atoms with van der Waals surface area (Å²) in [5.74, 6) is 0. The Kier molecular flexibility index (Phi) is 6.49. The lowest BCUT2D eigenvalue weighted by Gasteiger charge is -2.16. The summed E-state index contributed by atoms with van der Waals surface area (Å²) < 4.78 is 27.2. The molecule has 0 saturated carbocycles. The van der Waals surface area contributed by atoms with Crippen molar-refractivity contribution in [1.29, 1.82) is 0 Å². The number of fused-ring (bicyclic) bond motifs is 1. The number of anilines is 2. The van der Waals surface area contributed by atoms with Crippen molar-refractivity contribution in [3.05, 3.63) is 71.8 Å². The first-order valence-electron chi connectivity index (χ1n) is 10.2. The fourth-order valence-electron chi connectivity index (χ4n) is 3.24. The monoisotopic (exact) mass is 496 g/mol. The first kappa shape index (κ1) is 23.3. The van der Waals surface area contributed by atoms with Crippen LogP contribution in [0.25, 0.3) is 20.8 Å². The van der Waals surface area contributed by atoms with Crippen LogP contribution in [-0.2, 0) is 10.0 Å². The standard InChI is InChI=1S/C24H24N4O2S3/c1-15-5-12-20-22(13-15)32-23(26-20)17-7-9-18(10-8-17)25-24(31)27-21-14-19(11-6-16(21)2)33(29,30)28(3)4/h5-14H,1-4H3,(H2,25,27,31). The molecule has 170 valence electrons. The number of benzene rings is 3. The molecule has 0 fully saturated rings. The zero-order valence-corrected chi connectivity index (χ0v) is 21.2. The quantitative estimate of drug-likeness (QED) is 0.348. The summed E-state index contributed by atoms with van der Waals surface area (Å²) in [6, 6.07) is 19.1. The van der Waals surface area contributed by atoms with Crippen molar-refractivity contribution < 1.29 is 8.42 Å². The molecule has 0 spiro atoms. The number of thiazole rings is 1. The smallest absolute Gasteiger partial charge is 0.242 e. The van der Waals surface area contributed by atoms with Crippen LogP contribution in [0.4, 0.5) is 11.4 Å². The summed E-state index contributed by atoms with van der Waals surface area (Å²) in [4.78, 5) is 4.94. The maximum Gasteiger partial charge on any atom is 0.242 e. The molecule has 4 rings (SSSR count). The molecule has 0 aliphatic rings. The van der Waals surface area contributed by atoms with E-state index in [4.69, 9.17) is 17.2 Å². The molecule has 0 saturated heterocycles. The number of nitrogens with one attached hydrogen (secondary N) is 2. The highest BCUT2D eigenvalue weighted by molar-refractivity contribution is 7.89. The molecular weight excluding hydrogens is 472 g/mol. The van der Waals surface area contributed by atoms with Crippen LogP contribution < -0.4 is 10.6 Å². The van der Waals surface area contributed by atoms with Gasteiger partial charge in [-0.05, 0) is 85.7 Å². The van der Waals surface area contributed by atoms with E-state index < -0.39 is 10.0 Å². The SMILES string of the molecule is Cc1ccc2nc(-c3ccc(NC(=S)Nc4cc(S(=O)(=O)N(C)C)ccc4C)cc3)sc2c1. The van der Waals surface area contributed by atoms with Gasteiger partial charge < -0.3 is 10.6 Å². The molecule has 1 aromatic heterocycles. The second kappa shape index (κ2) is 9.18. The van der Waals surface area contributed by atoms with Crippen molar-refractivity contribution in [1.82, 2.24) is 9.29 Å². The zero-order valence-electron chi connectivity index (χ0n) is 18.7. The maximum atomic E-state index is 12.4. The molecule has 0 amide bonds. The van der Waals surface area contributed by atoms with Gasteiger partial charge in [0.2, 0.25) is 10.0 Å². The summed E-state index contributed by atoms with van der Waals surface area (Å²) >= 11 is 7.13. The first-order valence-corrected chi connectivity index (χ1v) is 12.9. The van der Waals surface area contributed by atoms with E-state index in [1.54, 1.807) is 29.5 Å². The van der Waals surface area contributed by atoms with Crippen LogP contribution in [0.2, 0.25) is 0 Å². The van der Waals surface area contributed by atoms with Crippen molar-refractivity contribution in [2.75, 3.05) is 24.7 Å². The Balaban J connectivity index is 1.48. The number of nitrogens with zero attached hydrogens (tertiary/aromatic N) is 2. The molecule has 4 aromatic rings. The lowest BCUT2D eigenvalue weighted by Crippen LogP contribution is -2.23. The molecule has 0 aliphatic carbocycles. The Morgan fingerprint density at radius 1 is 0.970 bits per heavy atom. The van der Waals surface area contributed by atoms with Crippen LogP contribution in [0.1, 0.15) is 11.1 Å². The molecular formula is C24H24N4O2S3. The molecule has 0 aliphatic heterocycles. The number of aromatic nitrogens is 1. The minimum Gasteiger partial charge on any atom is -0.332 e. The molecule has 33 heavy (non-hydrogen) atoms. The van der Waals surface area contributed by atoms with Gasteiger partial charge in [0.15, 0.2) is 5.11 Å².